The minimum absolute atomic E-state index is 0.0428. The summed E-state index contributed by atoms with van der Waals surface area (Å²) in [5.74, 6) is -1.62. The Bertz CT molecular complexity index is 1240. The Morgan fingerprint density at radius 1 is 0.974 bits per heavy atom. The van der Waals surface area contributed by atoms with Crippen molar-refractivity contribution in [3.8, 4) is 16.9 Å². The van der Waals surface area contributed by atoms with E-state index in [1.807, 2.05) is 13.8 Å². The average molecular weight is 533 g/mol. The molecule has 0 aliphatic heterocycles. The molecule has 38 heavy (non-hydrogen) atoms. The van der Waals surface area contributed by atoms with Crippen molar-refractivity contribution in [3.63, 3.8) is 0 Å². The molecule has 0 bridgehead atoms. The molecule has 0 saturated carbocycles. The number of alkyl halides is 3. The van der Waals surface area contributed by atoms with Gasteiger partial charge in [-0.15, -0.1) is 0 Å². The van der Waals surface area contributed by atoms with E-state index in [9.17, 15) is 27.2 Å². The molecule has 3 N–H and O–H groups in total. The van der Waals surface area contributed by atoms with Gasteiger partial charge in [-0.1, -0.05) is 32.0 Å². The van der Waals surface area contributed by atoms with Crippen LogP contribution in [0, 0.1) is 11.7 Å². The van der Waals surface area contributed by atoms with Crippen molar-refractivity contribution in [2.45, 2.75) is 32.5 Å². The van der Waals surface area contributed by atoms with E-state index in [0.29, 0.717) is 29.5 Å². The number of amides is 1. The predicted molar refractivity (Wildman–Crippen MR) is 136 cm³/mol. The van der Waals surface area contributed by atoms with Gasteiger partial charge in [-0.3, -0.25) is 9.59 Å². The van der Waals surface area contributed by atoms with Crippen LogP contribution in [0.2, 0.25) is 0 Å². The van der Waals surface area contributed by atoms with Gasteiger partial charge >= 0.3 is 12.1 Å². The number of nitrogens with one attached hydrogen (secondary N) is 2. The zero-order chi connectivity index (χ0) is 27.9. The Hall–Kier alpha value is -4.08. The van der Waals surface area contributed by atoms with Crippen molar-refractivity contribution in [3.05, 3.63) is 83.7 Å². The van der Waals surface area contributed by atoms with E-state index in [1.54, 1.807) is 48.5 Å². The number of hydrogen-bond acceptors (Lipinski definition) is 4. The first-order chi connectivity index (χ1) is 17.9. The van der Waals surface area contributed by atoms with Crippen LogP contribution < -0.4 is 15.4 Å². The summed E-state index contributed by atoms with van der Waals surface area (Å²) in [7, 11) is 0. The molecule has 1 atom stereocenters. The van der Waals surface area contributed by atoms with E-state index < -0.39 is 23.5 Å². The largest absolute Gasteiger partial charge is 0.491 e. The molecule has 0 spiro atoms. The first kappa shape index (κ1) is 28.5. The maximum atomic E-state index is 14.3. The number of carboxylic acids is 1. The molecular weight excluding hydrogens is 504 g/mol. The van der Waals surface area contributed by atoms with Gasteiger partial charge in [-0.05, 0) is 60.0 Å². The lowest BCUT2D eigenvalue weighted by atomic mass is 10.0. The number of carbonyl (C=O) groups is 2. The van der Waals surface area contributed by atoms with Crippen LogP contribution in [-0.2, 0) is 11.0 Å². The summed E-state index contributed by atoms with van der Waals surface area (Å²) >= 11 is 0. The van der Waals surface area contributed by atoms with Crippen LogP contribution in [0.3, 0.4) is 0 Å². The number of rotatable bonds is 11. The highest BCUT2D eigenvalue weighted by Gasteiger charge is 2.31. The highest BCUT2D eigenvalue weighted by atomic mass is 19.4. The Morgan fingerprint density at radius 3 is 2.18 bits per heavy atom. The van der Waals surface area contributed by atoms with Crippen molar-refractivity contribution in [2.75, 3.05) is 18.5 Å². The van der Waals surface area contributed by atoms with Crippen LogP contribution in [0.25, 0.3) is 11.1 Å². The maximum Gasteiger partial charge on any atom is 0.416 e. The summed E-state index contributed by atoms with van der Waals surface area (Å²) in [5.41, 5.74) is 0.615. The van der Waals surface area contributed by atoms with Gasteiger partial charge < -0.3 is 20.5 Å². The van der Waals surface area contributed by atoms with Crippen molar-refractivity contribution in [1.29, 1.82) is 0 Å². The van der Waals surface area contributed by atoms with Crippen LogP contribution in [0.15, 0.2) is 66.7 Å². The van der Waals surface area contributed by atoms with E-state index in [4.69, 9.17) is 9.84 Å². The van der Waals surface area contributed by atoms with Gasteiger partial charge in [0.25, 0.3) is 5.91 Å². The molecule has 0 aromatic heterocycles. The summed E-state index contributed by atoms with van der Waals surface area (Å²) in [5, 5.41) is 14.6. The molecule has 3 rings (SSSR count). The standard InChI is InChI=1S/C28H28F4N2O4/c1-17(2)25(34-21-8-3-19(4-9-21)27(37)33-14-13-26(35)36)16-38-22-10-5-18(6-11-22)23-12-7-20(15-24(23)29)28(30,31)32/h3-12,15,17,25,34H,13-14,16H2,1-2H3,(H,33,37)(H,35,36)/t25-/m1/s1. The fraction of sp³-hybridized carbons (Fsp3) is 0.286. The molecule has 1 amide bonds. The van der Waals surface area contributed by atoms with Gasteiger partial charge in [0.15, 0.2) is 0 Å². The van der Waals surface area contributed by atoms with Gasteiger partial charge in [0.2, 0.25) is 0 Å². The molecule has 3 aromatic rings. The Morgan fingerprint density at radius 2 is 1.63 bits per heavy atom. The van der Waals surface area contributed by atoms with Crippen molar-refractivity contribution in [2.24, 2.45) is 5.92 Å². The number of carbonyl (C=O) groups excluding carboxylic acids is 1. The molecule has 10 heteroatoms. The van der Waals surface area contributed by atoms with Gasteiger partial charge in [0.1, 0.15) is 18.2 Å². The number of aliphatic carboxylic acids is 1. The molecule has 202 valence electrons. The first-order valence-corrected chi connectivity index (χ1v) is 11.9. The van der Waals surface area contributed by atoms with E-state index >= 15 is 0 Å². The lowest BCUT2D eigenvalue weighted by molar-refractivity contribution is -0.138. The fourth-order valence-corrected chi connectivity index (χ4v) is 3.56. The van der Waals surface area contributed by atoms with Gasteiger partial charge in [0, 0.05) is 23.4 Å². The van der Waals surface area contributed by atoms with E-state index in [1.165, 1.54) is 0 Å². The zero-order valence-electron chi connectivity index (χ0n) is 20.8. The zero-order valence-corrected chi connectivity index (χ0v) is 20.8. The second kappa shape index (κ2) is 12.4. The molecule has 0 unspecified atom stereocenters. The molecular formula is C28H28F4N2O4. The molecule has 3 aromatic carbocycles. The Labute approximate surface area is 217 Å². The van der Waals surface area contributed by atoms with Crippen LogP contribution in [0.1, 0.15) is 36.2 Å². The molecule has 0 heterocycles. The van der Waals surface area contributed by atoms with E-state index in [-0.39, 0.29) is 36.4 Å². The Balaban J connectivity index is 1.58. The SMILES string of the molecule is CC(C)[C@@H](COc1ccc(-c2ccc(C(F)(F)F)cc2F)cc1)Nc1ccc(C(=O)NCCC(=O)O)cc1. The lowest BCUT2D eigenvalue weighted by Crippen LogP contribution is -2.32. The number of hydrogen-bond donors (Lipinski definition) is 3. The third kappa shape index (κ3) is 7.96. The normalized spacial score (nSPS) is 12.2. The summed E-state index contributed by atoms with van der Waals surface area (Å²) in [6.45, 7) is 4.37. The summed E-state index contributed by atoms with van der Waals surface area (Å²) in [4.78, 5) is 22.7. The minimum atomic E-state index is -4.61. The number of anilines is 1. The highest BCUT2D eigenvalue weighted by molar-refractivity contribution is 5.94. The van der Waals surface area contributed by atoms with Gasteiger partial charge in [-0.25, -0.2) is 4.39 Å². The molecule has 0 saturated heterocycles. The number of benzene rings is 3. The predicted octanol–water partition coefficient (Wildman–Crippen LogP) is 6.23. The Kier molecular flexibility index (Phi) is 9.33. The summed E-state index contributed by atoms with van der Waals surface area (Å²) in [6.07, 6.45) is -4.77. The molecule has 0 radical (unpaired) electrons. The maximum absolute atomic E-state index is 14.3. The third-order valence-corrected chi connectivity index (χ3v) is 5.82. The van der Waals surface area contributed by atoms with Crippen LogP contribution in [-0.4, -0.2) is 36.2 Å². The quantitative estimate of drug-likeness (QED) is 0.255. The third-order valence-electron chi connectivity index (χ3n) is 5.82. The summed E-state index contributed by atoms with van der Waals surface area (Å²) in [6, 6.07) is 15.5. The molecule has 0 aliphatic carbocycles. The van der Waals surface area contributed by atoms with Gasteiger partial charge in [0.05, 0.1) is 18.0 Å². The van der Waals surface area contributed by atoms with E-state index in [2.05, 4.69) is 10.6 Å². The van der Waals surface area contributed by atoms with Gasteiger partial charge in [-0.2, -0.15) is 13.2 Å². The highest BCUT2D eigenvalue weighted by Crippen LogP contribution is 2.33. The summed E-state index contributed by atoms with van der Waals surface area (Å²) < 4.78 is 58.6. The number of halogens is 4. The minimum Gasteiger partial charge on any atom is -0.491 e. The second-order valence-electron chi connectivity index (χ2n) is 9.00. The second-order valence-corrected chi connectivity index (χ2v) is 9.00. The molecule has 6 nitrogen and oxygen atoms in total. The monoisotopic (exact) mass is 532 g/mol. The first-order valence-electron chi connectivity index (χ1n) is 11.9. The lowest BCUT2D eigenvalue weighted by Gasteiger charge is -2.24. The van der Waals surface area contributed by atoms with Crippen LogP contribution in [0.5, 0.6) is 5.75 Å². The van der Waals surface area contributed by atoms with Crippen molar-refractivity contribution in [1.82, 2.24) is 5.32 Å². The van der Waals surface area contributed by atoms with Crippen molar-refractivity contribution < 1.29 is 37.0 Å². The topological polar surface area (TPSA) is 87.7 Å². The number of ether oxygens (including phenoxy) is 1. The average Bonchev–Trinajstić information content (AvgIpc) is 2.86. The fourth-order valence-electron chi connectivity index (χ4n) is 3.56. The van der Waals surface area contributed by atoms with E-state index in [0.717, 1.165) is 17.8 Å². The molecule has 0 fully saturated rings. The van der Waals surface area contributed by atoms with Crippen molar-refractivity contribution >= 4 is 17.6 Å². The number of carboxylic acid groups (broad SMARTS) is 1. The van der Waals surface area contributed by atoms with Crippen LogP contribution in [0.4, 0.5) is 23.2 Å². The van der Waals surface area contributed by atoms with Crippen LogP contribution >= 0.6 is 0 Å². The smallest absolute Gasteiger partial charge is 0.416 e. The molecule has 0 aliphatic rings.